The molecule has 0 fully saturated rings. The van der Waals surface area contributed by atoms with Gasteiger partial charge < -0.3 is 10.2 Å². The van der Waals surface area contributed by atoms with Crippen LogP contribution >= 0.6 is 0 Å². The highest BCUT2D eigenvalue weighted by Crippen LogP contribution is 2.22. The Morgan fingerprint density at radius 2 is 1.00 bits per heavy atom. The molecule has 0 spiro atoms. The van der Waals surface area contributed by atoms with Gasteiger partial charge >= 0.3 is 0 Å². The Morgan fingerprint density at radius 1 is 0.615 bits per heavy atom. The van der Waals surface area contributed by atoms with Gasteiger partial charge in [-0.15, -0.1) is 0 Å². The highest BCUT2D eigenvalue weighted by molar-refractivity contribution is 5.28. The molecule has 0 saturated heterocycles. The van der Waals surface area contributed by atoms with Crippen molar-refractivity contribution in [3.63, 3.8) is 0 Å². The van der Waals surface area contributed by atoms with Crippen LogP contribution in [-0.2, 0) is 24.0 Å². The number of hydrogen-bond donors (Lipinski definition) is 2. The summed E-state index contributed by atoms with van der Waals surface area (Å²) in [4.78, 5) is 0. The lowest BCUT2D eigenvalue weighted by molar-refractivity contribution is 0.0779. The molecular formula is C24H34O2. The molecule has 2 aromatic rings. The molecule has 0 amide bonds. The molecule has 0 aliphatic carbocycles. The summed E-state index contributed by atoms with van der Waals surface area (Å²) in [5.74, 6) is 0. The van der Waals surface area contributed by atoms with E-state index in [-0.39, 0.29) is 0 Å². The van der Waals surface area contributed by atoms with E-state index in [1.807, 2.05) is 52.0 Å². The van der Waals surface area contributed by atoms with Gasteiger partial charge in [0, 0.05) is 0 Å². The first kappa shape index (κ1) is 20.7. The Balaban J connectivity index is 1.72. The van der Waals surface area contributed by atoms with Crippen molar-refractivity contribution in [3.8, 4) is 0 Å². The van der Waals surface area contributed by atoms with Gasteiger partial charge in [0.15, 0.2) is 0 Å². The largest absolute Gasteiger partial charge is 0.386 e. The second-order valence-corrected chi connectivity index (χ2v) is 8.43. The average molecular weight is 355 g/mol. The lowest BCUT2D eigenvalue weighted by Crippen LogP contribution is -2.15. The Kier molecular flexibility index (Phi) is 7.02. The van der Waals surface area contributed by atoms with Crippen molar-refractivity contribution in [1.82, 2.24) is 0 Å². The lowest BCUT2D eigenvalue weighted by Gasteiger charge is -2.18. The van der Waals surface area contributed by atoms with Crippen molar-refractivity contribution in [2.45, 2.75) is 77.4 Å². The van der Waals surface area contributed by atoms with Crippen LogP contribution in [0.5, 0.6) is 0 Å². The third kappa shape index (κ3) is 6.59. The van der Waals surface area contributed by atoms with Gasteiger partial charge in [0.1, 0.15) is 0 Å². The molecule has 2 rings (SSSR count). The molecule has 0 aliphatic rings. The Labute approximate surface area is 158 Å². The fourth-order valence-corrected chi connectivity index (χ4v) is 3.23. The Bertz CT molecular complexity index is 628. The van der Waals surface area contributed by atoms with E-state index in [1.165, 1.54) is 36.8 Å². The molecule has 2 heteroatoms. The van der Waals surface area contributed by atoms with Crippen LogP contribution in [0.4, 0.5) is 0 Å². The zero-order valence-electron chi connectivity index (χ0n) is 16.8. The van der Waals surface area contributed by atoms with Gasteiger partial charge in [0.05, 0.1) is 11.2 Å². The molecule has 0 bridgehead atoms. The second-order valence-electron chi connectivity index (χ2n) is 8.43. The smallest absolute Gasteiger partial charge is 0.0840 e. The maximum atomic E-state index is 10.1. The Morgan fingerprint density at radius 3 is 1.35 bits per heavy atom. The summed E-state index contributed by atoms with van der Waals surface area (Å²) >= 11 is 0. The van der Waals surface area contributed by atoms with Gasteiger partial charge in [-0.25, -0.2) is 0 Å². The van der Waals surface area contributed by atoms with Crippen LogP contribution in [0.15, 0.2) is 48.5 Å². The number of benzene rings is 2. The fourth-order valence-electron chi connectivity index (χ4n) is 3.23. The predicted molar refractivity (Wildman–Crippen MR) is 109 cm³/mol. The van der Waals surface area contributed by atoms with Crippen molar-refractivity contribution >= 4 is 0 Å². The minimum atomic E-state index is -0.770. The average Bonchev–Trinajstić information content (AvgIpc) is 2.57. The highest BCUT2D eigenvalue weighted by atomic mass is 16.3. The molecule has 0 heterocycles. The number of unbranched alkanes of at least 4 members (excludes halogenated alkanes) is 3. The first-order valence-electron chi connectivity index (χ1n) is 9.80. The van der Waals surface area contributed by atoms with Gasteiger partial charge in [-0.2, -0.15) is 0 Å². The normalized spacial score (nSPS) is 12.4. The standard InChI is InChI=1S/C24H34O2/c1-23(2,25)21-15-9-13-19(17-21)11-7-5-6-8-12-20-14-10-16-22(18-20)24(3,4)26/h9-10,13-18,25-26H,5-8,11-12H2,1-4H3. The quantitative estimate of drug-likeness (QED) is 0.585. The molecule has 0 atom stereocenters. The molecule has 142 valence electrons. The minimum absolute atomic E-state index is 0.770. The van der Waals surface area contributed by atoms with Crippen LogP contribution in [0.1, 0.15) is 75.6 Å². The number of aryl methyl sites for hydroxylation is 2. The monoisotopic (exact) mass is 354 g/mol. The maximum Gasteiger partial charge on any atom is 0.0840 e. The van der Waals surface area contributed by atoms with Crippen molar-refractivity contribution < 1.29 is 10.2 Å². The van der Waals surface area contributed by atoms with Crippen molar-refractivity contribution in [1.29, 1.82) is 0 Å². The molecule has 0 saturated carbocycles. The SMILES string of the molecule is CC(C)(O)c1cccc(CCCCCCc2cccc(C(C)(C)O)c2)c1. The Hall–Kier alpha value is -1.64. The summed E-state index contributed by atoms with van der Waals surface area (Å²) < 4.78 is 0. The molecule has 2 aromatic carbocycles. The summed E-state index contributed by atoms with van der Waals surface area (Å²) in [5.41, 5.74) is 3.05. The third-order valence-electron chi connectivity index (χ3n) is 4.95. The van der Waals surface area contributed by atoms with E-state index in [2.05, 4.69) is 24.3 Å². The van der Waals surface area contributed by atoms with Crippen molar-refractivity contribution in [3.05, 3.63) is 70.8 Å². The van der Waals surface area contributed by atoms with E-state index in [0.29, 0.717) is 0 Å². The molecule has 0 radical (unpaired) electrons. The molecule has 0 unspecified atom stereocenters. The third-order valence-corrected chi connectivity index (χ3v) is 4.95. The molecular weight excluding hydrogens is 320 g/mol. The number of aliphatic hydroxyl groups is 2. The van der Waals surface area contributed by atoms with Crippen LogP contribution in [0.25, 0.3) is 0 Å². The molecule has 2 nitrogen and oxygen atoms in total. The minimum Gasteiger partial charge on any atom is -0.386 e. The maximum absolute atomic E-state index is 10.1. The van der Waals surface area contributed by atoms with E-state index in [1.54, 1.807) is 0 Å². The molecule has 0 aliphatic heterocycles. The predicted octanol–water partition coefficient (Wildman–Crippen LogP) is 5.49. The van der Waals surface area contributed by atoms with Crippen molar-refractivity contribution in [2.24, 2.45) is 0 Å². The van der Waals surface area contributed by atoms with Crippen LogP contribution < -0.4 is 0 Å². The summed E-state index contributed by atoms with van der Waals surface area (Å²) in [6.07, 6.45) is 6.93. The topological polar surface area (TPSA) is 40.5 Å². The summed E-state index contributed by atoms with van der Waals surface area (Å²) in [6.45, 7) is 7.33. The fraction of sp³-hybridized carbons (Fsp3) is 0.500. The van der Waals surface area contributed by atoms with Crippen LogP contribution in [0.2, 0.25) is 0 Å². The zero-order valence-corrected chi connectivity index (χ0v) is 16.8. The van der Waals surface area contributed by atoms with E-state index in [9.17, 15) is 10.2 Å². The van der Waals surface area contributed by atoms with E-state index >= 15 is 0 Å². The van der Waals surface area contributed by atoms with Gasteiger partial charge in [-0.05, 0) is 75.6 Å². The number of rotatable bonds is 9. The van der Waals surface area contributed by atoms with Gasteiger partial charge in [0.2, 0.25) is 0 Å². The van der Waals surface area contributed by atoms with E-state index in [4.69, 9.17) is 0 Å². The van der Waals surface area contributed by atoms with Crippen LogP contribution in [-0.4, -0.2) is 10.2 Å². The first-order valence-corrected chi connectivity index (χ1v) is 9.80. The summed E-state index contributed by atoms with van der Waals surface area (Å²) in [5, 5.41) is 20.2. The van der Waals surface area contributed by atoms with Crippen LogP contribution in [0.3, 0.4) is 0 Å². The van der Waals surface area contributed by atoms with Gasteiger partial charge in [-0.3, -0.25) is 0 Å². The zero-order chi connectivity index (χ0) is 19.2. The van der Waals surface area contributed by atoms with E-state index in [0.717, 1.165) is 24.0 Å². The van der Waals surface area contributed by atoms with Gasteiger partial charge in [0.25, 0.3) is 0 Å². The van der Waals surface area contributed by atoms with E-state index < -0.39 is 11.2 Å². The van der Waals surface area contributed by atoms with Crippen LogP contribution in [0, 0.1) is 0 Å². The number of hydrogen-bond acceptors (Lipinski definition) is 2. The summed E-state index contributed by atoms with van der Waals surface area (Å²) in [6, 6.07) is 16.6. The van der Waals surface area contributed by atoms with Crippen molar-refractivity contribution in [2.75, 3.05) is 0 Å². The molecule has 2 N–H and O–H groups in total. The molecule has 26 heavy (non-hydrogen) atoms. The lowest BCUT2D eigenvalue weighted by atomic mass is 9.94. The summed E-state index contributed by atoms with van der Waals surface area (Å²) in [7, 11) is 0. The van der Waals surface area contributed by atoms with Gasteiger partial charge in [-0.1, -0.05) is 61.4 Å². The second kappa shape index (κ2) is 8.83. The first-order chi connectivity index (χ1) is 12.2. The molecule has 0 aromatic heterocycles. The highest BCUT2D eigenvalue weighted by Gasteiger charge is 2.16.